The lowest BCUT2D eigenvalue weighted by atomic mass is 10.1. The van der Waals surface area contributed by atoms with Crippen LogP contribution >= 0.6 is 15.9 Å². The Kier molecular flexibility index (Phi) is 5.01. The summed E-state index contributed by atoms with van der Waals surface area (Å²) in [5.41, 5.74) is 3.26. The van der Waals surface area contributed by atoms with Crippen LogP contribution in [0.25, 0.3) is 0 Å². The third kappa shape index (κ3) is 4.32. The van der Waals surface area contributed by atoms with E-state index in [4.69, 9.17) is 0 Å². The third-order valence-electron chi connectivity index (χ3n) is 2.62. The molecule has 0 aliphatic carbocycles. The van der Waals surface area contributed by atoms with Crippen molar-refractivity contribution in [2.24, 2.45) is 0 Å². The molecule has 1 N–H and O–H groups in total. The molecule has 3 nitrogen and oxygen atoms in total. The molecule has 0 bridgehead atoms. The van der Waals surface area contributed by atoms with Gasteiger partial charge in [0.25, 0.3) is 0 Å². The molecule has 1 aromatic carbocycles. The number of sulfone groups is 1. The minimum atomic E-state index is -2.89. The summed E-state index contributed by atoms with van der Waals surface area (Å²) in [4.78, 5) is 0. The molecule has 0 aliphatic heterocycles. The number of rotatable bonds is 5. The van der Waals surface area contributed by atoms with E-state index in [9.17, 15) is 8.42 Å². The molecule has 0 unspecified atom stereocenters. The number of halogens is 1. The first-order valence-corrected chi connectivity index (χ1v) is 8.18. The van der Waals surface area contributed by atoms with Gasteiger partial charge in [0.15, 0.2) is 9.84 Å². The van der Waals surface area contributed by atoms with Gasteiger partial charge >= 0.3 is 0 Å². The summed E-state index contributed by atoms with van der Waals surface area (Å²) in [6, 6.07) is 4.02. The van der Waals surface area contributed by atoms with Crippen LogP contribution in [0.4, 0.5) is 5.69 Å². The van der Waals surface area contributed by atoms with Crippen LogP contribution in [-0.4, -0.2) is 26.5 Å². The van der Waals surface area contributed by atoms with Gasteiger partial charge in [-0.3, -0.25) is 0 Å². The predicted octanol–water partition coefficient (Wildman–Crippen LogP) is 2.91. The van der Waals surface area contributed by atoms with Crippen LogP contribution < -0.4 is 5.32 Å². The largest absolute Gasteiger partial charge is 0.384 e. The fourth-order valence-corrected chi connectivity index (χ4v) is 2.47. The second kappa shape index (κ2) is 5.87. The highest BCUT2D eigenvalue weighted by Gasteiger charge is 2.07. The first-order valence-electron chi connectivity index (χ1n) is 5.57. The Morgan fingerprint density at radius 2 is 1.76 bits per heavy atom. The monoisotopic (exact) mass is 319 g/mol. The van der Waals surface area contributed by atoms with E-state index in [0.717, 1.165) is 21.3 Å². The van der Waals surface area contributed by atoms with Crippen molar-refractivity contribution in [3.8, 4) is 0 Å². The zero-order valence-electron chi connectivity index (χ0n) is 10.4. The third-order valence-corrected chi connectivity index (χ3v) is 5.58. The molecule has 96 valence electrons. The smallest absolute Gasteiger partial charge is 0.151 e. The quantitative estimate of drug-likeness (QED) is 0.907. The van der Waals surface area contributed by atoms with Gasteiger partial charge in [-0.2, -0.15) is 0 Å². The Morgan fingerprint density at radius 1 is 1.24 bits per heavy atom. The molecule has 0 atom stereocenters. The molecular weight excluding hydrogens is 302 g/mol. The molecule has 0 aromatic heterocycles. The normalized spacial score (nSPS) is 11.5. The van der Waals surface area contributed by atoms with Gasteiger partial charge in [-0.25, -0.2) is 8.42 Å². The number of benzene rings is 1. The van der Waals surface area contributed by atoms with Crippen LogP contribution in [0, 0.1) is 13.8 Å². The first kappa shape index (κ1) is 14.5. The number of hydrogen-bond donors (Lipinski definition) is 1. The molecule has 17 heavy (non-hydrogen) atoms. The molecule has 0 saturated heterocycles. The summed E-state index contributed by atoms with van der Waals surface area (Å²) in [7, 11) is -2.89. The molecule has 0 amide bonds. The maximum absolute atomic E-state index is 11.3. The molecule has 0 saturated carbocycles. The molecule has 5 heteroatoms. The van der Waals surface area contributed by atoms with Crippen molar-refractivity contribution >= 4 is 31.5 Å². The fraction of sp³-hybridized carbons (Fsp3) is 0.500. The van der Waals surface area contributed by atoms with Crippen molar-refractivity contribution < 1.29 is 8.42 Å². The van der Waals surface area contributed by atoms with E-state index in [2.05, 4.69) is 21.2 Å². The van der Waals surface area contributed by atoms with Crippen molar-refractivity contribution in [2.45, 2.75) is 20.8 Å². The van der Waals surface area contributed by atoms with Crippen LogP contribution in [0.3, 0.4) is 0 Å². The second-order valence-electron chi connectivity index (χ2n) is 4.09. The highest BCUT2D eigenvalue weighted by molar-refractivity contribution is 9.10. The zero-order valence-corrected chi connectivity index (χ0v) is 12.8. The van der Waals surface area contributed by atoms with Crippen molar-refractivity contribution in [3.63, 3.8) is 0 Å². The van der Waals surface area contributed by atoms with Crippen LogP contribution in [0.15, 0.2) is 16.6 Å². The van der Waals surface area contributed by atoms with Crippen LogP contribution in [0.2, 0.25) is 0 Å². The maximum Gasteiger partial charge on any atom is 0.151 e. The van der Waals surface area contributed by atoms with Crippen molar-refractivity contribution in [3.05, 3.63) is 27.7 Å². The lowest BCUT2D eigenvalue weighted by Gasteiger charge is -2.10. The standard InChI is InChI=1S/C12H18BrNO2S/c1-4-17(15,16)6-5-14-11-7-9(2)12(13)10(3)8-11/h7-8,14H,4-6H2,1-3H3. The summed E-state index contributed by atoms with van der Waals surface area (Å²) >= 11 is 3.50. The van der Waals surface area contributed by atoms with Gasteiger partial charge in [-0.15, -0.1) is 0 Å². The van der Waals surface area contributed by atoms with Crippen molar-refractivity contribution in [1.29, 1.82) is 0 Å². The fourth-order valence-electron chi connectivity index (χ4n) is 1.54. The Bertz CT molecular complexity index is 474. The summed E-state index contributed by atoms with van der Waals surface area (Å²) in [6.45, 7) is 6.16. The van der Waals surface area contributed by atoms with E-state index in [1.165, 1.54) is 0 Å². The van der Waals surface area contributed by atoms with E-state index in [1.807, 2.05) is 26.0 Å². The first-order chi connectivity index (χ1) is 7.85. The SMILES string of the molecule is CCS(=O)(=O)CCNc1cc(C)c(Br)c(C)c1. The van der Waals surface area contributed by atoms with E-state index < -0.39 is 9.84 Å². The van der Waals surface area contributed by atoms with Crippen molar-refractivity contribution in [2.75, 3.05) is 23.4 Å². The predicted molar refractivity (Wildman–Crippen MR) is 76.4 cm³/mol. The average molecular weight is 320 g/mol. The van der Waals surface area contributed by atoms with Gasteiger partial charge in [-0.05, 0) is 37.1 Å². The topological polar surface area (TPSA) is 46.2 Å². The van der Waals surface area contributed by atoms with Gasteiger partial charge in [0.05, 0.1) is 5.75 Å². The highest BCUT2D eigenvalue weighted by Crippen LogP contribution is 2.24. The van der Waals surface area contributed by atoms with E-state index in [-0.39, 0.29) is 11.5 Å². The number of aryl methyl sites for hydroxylation is 2. The van der Waals surface area contributed by atoms with E-state index in [0.29, 0.717) is 6.54 Å². The highest BCUT2D eigenvalue weighted by atomic mass is 79.9. The minimum Gasteiger partial charge on any atom is -0.384 e. The van der Waals surface area contributed by atoms with E-state index >= 15 is 0 Å². The number of anilines is 1. The van der Waals surface area contributed by atoms with E-state index in [1.54, 1.807) is 6.92 Å². The molecule has 0 aliphatic rings. The second-order valence-corrected chi connectivity index (χ2v) is 7.35. The minimum absolute atomic E-state index is 0.178. The summed E-state index contributed by atoms with van der Waals surface area (Å²) in [5.74, 6) is 0.380. The molecule has 0 radical (unpaired) electrons. The lowest BCUT2D eigenvalue weighted by molar-refractivity contribution is 0.597. The Balaban J connectivity index is 2.65. The Hall–Kier alpha value is -0.550. The summed E-state index contributed by atoms with van der Waals surface area (Å²) < 4.78 is 23.8. The maximum atomic E-state index is 11.3. The molecule has 0 fully saturated rings. The Morgan fingerprint density at radius 3 is 2.24 bits per heavy atom. The number of hydrogen-bond acceptors (Lipinski definition) is 3. The molecule has 0 heterocycles. The zero-order chi connectivity index (χ0) is 13.1. The molecule has 0 spiro atoms. The van der Waals surface area contributed by atoms with Gasteiger partial charge in [0.1, 0.15) is 0 Å². The number of nitrogens with one attached hydrogen (secondary N) is 1. The summed E-state index contributed by atoms with van der Waals surface area (Å²) in [6.07, 6.45) is 0. The van der Waals surface area contributed by atoms with Gasteiger partial charge in [-0.1, -0.05) is 22.9 Å². The van der Waals surface area contributed by atoms with Crippen LogP contribution in [-0.2, 0) is 9.84 Å². The van der Waals surface area contributed by atoms with Crippen LogP contribution in [0.1, 0.15) is 18.1 Å². The summed E-state index contributed by atoms with van der Waals surface area (Å²) in [5, 5.41) is 3.14. The Labute approximate surface area is 112 Å². The van der Waals surface area contributed by atoms with Gasteiger partial charge in [0.2, 0.25) is 0 Å². The average Bonchev–Trinajstić information content (AvgIpc) is 2.25. The molecular formula is C12H18BrNO2S. The molecule has 1 rings (SSSR count). The molecule has 1 aromatic rings. The van der Waals surface area contributed by atoms with Crippen molar-refractivity contribution in [1.82, 2.24) is 0 Å². The van der Waals surface area contributed by atoms with Crippen LogP contribution in [0.5, 0.6) is 0 Å². The lowest BCUT2D eigenvalue weighted by Crippen LogP contribution is -2.17. The van der Waals surface area contributed by atoms with Gasteiger partial charge < -0.3 is 5.32 Å². The van der Waals surface area contributed by atoms with Gasteiger partial charge in [0, 0.05) is 22.5 Å².